The number of hydrogen-bond donors (Lipinski definition) is 1. The second-order valence-corrected chi connectivity index (χ2v) is 6.67. The second kappa shape index (κ2) is 5.98. The highest BCUT2D eigenvalue weighted by molar-refractivity contribution is 7.14. The van der Waals surface area contributed by atoms with E-state index in [-0.39, 0.29) is 11.7 Å². The number of carbonyl (C=O) groups is 1. The maximum Gasteiger partial charge on any atom is 0.261 e. The standard InChI is InChI=1S/C17H18FNOS/c1-11-8-12(6-7-14(11)18)10-19-17(20)16-9-13-4-2-3-5-15(13)21-16/h6-9H,2-5,10H2,1H3,(H,19,20). The van der Waals surface area contributed by atoms with E-state index in [0.717, 1.165) is 23.3 Å². The Morgan fingerprint density at radius 3 is 2.86 bits per heavy atom. The molecule has 2 nitrogen and oxygen atoms in total. The van der Waals surface area contributed by atoms with Crippen LogP contribution >= 0.6 is 11.3 Å². The molecule has 1 N–H and O–H groups in total. The minimum atomic E-state index is -0.212. The molecule has 0 saturated heterocycles. The van der Waals surface area contributed by atoms with Crippen LogP contribution in [0.4, 0.5) is 4.39 Å². The Morgan fingerprint density at radius 1 is 1.29 bits per heavy atom. The number of rotatable bonds is 3. The lowest BCUT2D eigenvalue weighted by molar-refractivity contribution is 0.0955. The van der Waals surface area contributed by atoms with Crippen LogP contribution in [0.2, 0.25) is 0 Å². The summed E-state index contributed by atoms with van der Waals surface area (Å²) in [6, 6.07) is 6.96. The molecule has 1 aromatic heterocycles. The van der Waals surface area contributed by atoms with Gasteiger partial charge in [-0.2, -0.15) is 0 Å². The van der Waals surface area contributed by atoms with Gasteiger partial charge in [-0.25, -0.2) is 4.39 Å². The van der Waals surface area contributed by atoms with Crippen LogP contribution in [0.25, 0.3) is 0 Å². The van der Waals surface area contributed by atoms with Crippen molar-refractivity contribution in [2.75, 3.05) is 0 Å². The van der Waals surface area contributed by atoms with Crippen molar-refractivity contribution in [1.29, 1.82) is 0 Å². The first-order valence-electron chi connectivity index (χ1n) is 7.28. The summed E-state index contributed by atoms with van der Waals surface area (Å²) < 4.78 is 13.2. The van der Waals surface area contributed by atoms with E-state index in [0.29, 0.717) is 12.1 Å². The number of aryl methyl sites for hydroxylation is 3. The van der Waals surface area contributed by atoms with Gasteiger partial charge in [0.05, 0.1) is 4.88 Å². The van der Waals surface area contributed by atoms with Crippen LogP contribution in [0.1, 0.15) is 44.1 Å². The fourth-order valence-electron chi connectivity index (χ4n) is 2.69. The summed E-state index contributed by atoms with van der Waals surface area (Å²) in [5, 5.41) is 2.92. The fourth-order valence-corrected chi connectivity index (χ4v) is 3.86. The third-order valence-electron chi connectivity index (χ3n) is 3.90. The van der Waals surface area contributed by atoms with Gasteiger partial charge in [0.15, 0.2) is 0 Å². The zero-order valence-electron chi connectivity index (χ0n) is 12.0. The highest BCUT2D eigenvalue weighted by Crippen LogP contribution is 2.29. The third kappa shape index (κ3) is 3.16. The van der Waals surface area contributed by atoms with Gasteiger partial charge in [-0.1, -0.05) is 12.1 Å². The summed E-state index contributed by atoms with van der Waals surface area (Å²) in [7, 11) is 0. The van der Waals surface area contributed by atoms with Gasteiger partial charge in [0.1, 0.15) is 5.82 Å². The third-order valence-corrected chi connectivity index (χ3v) is 5.13. The summed E-state index contributed by atoms with van der Waals surface area (Å²) in [4.78, 5) is 14.4. The predicted octanol–water partition coefficient (Wildman–Crippen LogP) is 4.00. The Labute approximate surface area is 128 Å². The molecular weight excluding hydrogens is 285 g/mol. The van der Waals surface area contributed by atoms with E-state index < -0.39 is 0 Å². The maximum atomic E-state index is 13.2. The number of nitrogens with one attached hydrogen (secondary N) is 1. The van der Waals surface area contributed by atoms with Crippen molar-refractivity contribution in [1.82, 2.24) is 5.32 Å². The number of halogens is 1. The van der Waals surface area contributed by atoms with Crippen LogP contribution < -0.4 is 5.32 Å². The molecule has 0 unspecified atom stereocenters. The van der Waals surface area contributed by atoms with Crippen LogP contribution in [0.3, 0.4) is 0 Å². The lowest BCUT2D eigenvalue weighted by atomic mass is 9.99. The van der Waals surface area contributed by atoms with E-state index in [1.807, 2.05) is 6.07 Å². The quantitative estimate of drug-likeness (QED) is 0.912. The maximum absolute atomic E-state index is 13.2. The minimum Gasteiger partial charge on any atom is -0.347 e. The molecule has 0 fully saturated rings. The predicted molar refractivity (Wildman–Crippen MR) is 83.3 cm³/mol. The molecule has 1 aliphatic carbocycles. The average molecular weight is 303 g/mol. The Kier molecular flexibility index (Phi) is 4.06. The number of carbonyl (C=O) groups excluding carboxylic acids is 1. The van der Waals surface area contributed by atoms with Gasteiger partial charge in [0.2, 0.25) is 0 Å². The smallest absolute Gasteiger partial charge is 0.261 e. The largest absolute Gasteiger partial charge is 0.347 e. The molecule has 21 heavy (non-hydrogen) atoms. The normalized spacial score (nSPS) is 13.8. The molecule has 4 heteroatoms. The van der Waals surface area contributed by atoms with Gasteiger partial charge in [0, 0.05) is 11.4 Å². The lowest BCUT2D eigenvalue weighted by Gasteiger charge is -2.08. The fraction of sp³-hybridized carbons (Fsp3) is 0.353. The molecule has 3 rings (SSSR count). The van der Waals surface area contributed by atoms with Gasteiger partial charge in [-0.3, -0.25) is 4.79 Å². The van der Waals surface area contributed by atoms with Crippen LogP contribution in [-0.4, -0.2) is 5.91 Å². The molecule has 0 spiro atoms. The number of amides is 1. The van der Waals surface area contributed by atoms with Crippen molar-refractivity contribution in [3.63, 3.8) is 0 Å². The molecule has 0 atom stereocenters. The molecule has 110 valence electrons. The topological polar surface area (TPSA) is 29.1 Å². The number of benzene rings is 1. The average Bonchev–Trinajstić information content (AvgIpc) is 2.92. The Bertz CT molecular complexity index is 654. The SMILES string of the molecule is Cc1cc(CNC(=O)c2cc3c(s2)CCCC3)ccc1F. The second-order valence-electron chi connectivity index (χ2n) is 5.53. The molecular formula is C17H18FNOS. The highest BCUT2D eigenvalue weighted by atomic mass is 32.1. The number of hydrogen-bond acceptors (Lipinski definition) is 2. The van der Waals surface area contributed by atoms with E-state index in [1.54, 1.807) is 30.4 Å². The van der Waals surface area contributed by atoms with Crippen LogP contribution in [-0.2, 0) is 19.4 Å². The summed E-state index contributed by atoms with van der Waals surface area (Å²) in [6.07, 6.45) is 4.64. The van der Waals surface area contributed by atoms with Crippen LogP contribution in [0.5, 0.6) is 0 Å². The van der Waals surface area contributed by atoms with Crippen LogP contribution in [0, 0.1) is 12.7 Å². The number of thiophene rings is 1. The van der Waals surface area contributed by atoms with Gasteiger partial charge >= 0.3 is 0 Å². The molecule has 1 amide bonds. The zero-order valence-corrected chi connectivity index (χ0v) is 12.9. The molecule has 1 heterocycles. The van der Waals surface area contributed by atoms with Gasteiger partial charge < -0.3 is 5.32 Å². The molecule has 2 aromatic rings. The number of fused-ring (bicyclic) bond motifs is 1. The van der Waals surface area contributed by atoms with E-state index in [4.69, 9.17) is 0 Å². The van der Waals surface area contributed by atoms with Gasteiger partial charge in [-0.15, -0.1) is 11.3 Å². The molecule has 0 bridgehead atoms. The molecule has 0 aliphatic heterocycles. The molecule has 0 radical (unpaired) electrons. The minimum absolute atomic E-state index is 0.0311. The van der Waals surface area contributed by atoms with E-state index in [1.165, 1.54) is 29.3 Å². The first-order valence-corrected chi connectivity index (χ1v) is 8.10. The lowest BCUT2D eigenvalue weighted by Crippen LogP contribution is -2.21. The molecule has 1 aromatic carbocycles. The summed E-state index contributed by atoms with van der Waals surface area (Å²) >= 11 is 1.61. The van der Waals surface area contributed by atoms with Gasteiger partial charge in [-0.05, 0) is 61.4 Å². The van der Waals surface area contributed by atoms with Gasteiger partial charge in [0.25, 0.3) is 5.91 Å². The van der Waals surface area contributed by atoms with E-state index >= 15 is 0 Å². The van der Waals surface area contributed by atoms with Crippen molar-refractivity contribution in [3.8, 4) is 0 Å². The Morgan fingerprint density at radius 2 is 2.10 bits per heavy atom. The molecule has 1 aliphatic rings. The highest BCUT2D eigenvalue weighted by Gasteiger charge is 2.17. The monoisotopic (exact) mass is 303 g/mol. The van der Waals surface area contributed by atoms with Crippen molar-refractivity contribution >= 4 is 17.2 Å². The molecule has 0 saturated carbocycles. The van der Waals surface area contributed by atoms with Crippen molar-refractivity contribution in [2.45, 2.75) is 39.2 Å². The summed E-state index contributed by atoms with van der Waals surface area (Å²) in [5.41, 5.74) is 2.87. The first kappa shape index (κ1) is 14.3. The Hall–Kier alpha value is -1.68. The summed E-state index contributed by atoms with van der Waals surface area (Å²) in [5.74, 6) is -0.243. The van der Waals surface area contributed by atoms with Crippen molar-refractivity contribution < 1.29 is 9.18 Å². The van der Waals surface area contributed by atoms with Crippen LogP contribution in [0.15, 0.2) is 24.3 Å². The zero-order chi connectivity index (χ0) is 14.8. The Balaban J connectivity index is 1.66. The van der Waals surface area contributed by atoms with Crippen molar-refractivity contribution in [2.24, 2.45) is 0 Å². The van der Waals surface area contributed by atoms with Crippen molar-refractivity contribution in [3.05, 3.63) is 56.5 Å². The van der Waals surface area contributed by atoms with E-state index in [2.05, 4.69) is 5.32 Å². The summed E-state index contributed by atoms with van der Waals surface area (Å²) in [6.45, 7) is 2.16. The van der Waals surface area contributed by atoms with E-state index in [9.17, 15) is 9.18 Å². The first-order chi connectivity index (χ1) is 10.1.